The molecular formula is C25H29BrClN5O. The average molecular weight is 531 g/mol. The third-order valence-corrected chi connectivity index (χ3v) is 7.92. The predicted octanol–water partition coefficient (Wildman–Crippen LogP) is 6.04. The predicted molar refractivity (Wildman–Crippen MR) is 136 cm³/mol. The van der Waals surface area contributed by atoms with Gasteiger partial charge in [0.15, 0.2) is 5.65 Å². The molecule has 1 saturated heterocycles. The van der Waals surface area contributed by atoms with Crippen molar-refractivity contribution >= 4 is 44.9 Å². The van der Waals surface area contributed by atoms with Crippen molar-refractivity contribution in [3.8, 4) is 11.3 Å². The summed E-state index contributed by atoms with van der Waals surface area (Å²) >= 11 is 10.0. The van der Waals surface area contributed by atoms with Crippen LogP contribution in [0.2, 0.25) is 5.02 Å². The molecule has 1 aliphatic heterocycles. The van der Waals surface area contributed by atoms with Crippen molar-refractivity contribution in [2.24, 2.45) is 11.8 Å². The number of anilines is 1. The second kappa shape index (κ2) is 10.0. The Morgan fingerprint density at radius 2 is 1.88 bits per heavy atom. The molecule has 1 saturated carbocycles. The van der Waals surface area contributed by atoms with Gasteiger partial charge >= 0.3 is 0 Å². The van der Waals surface area contributed by atoms with Crippen molar-refractivity contribution < 1.29 is 4.79 Å². The van der Waals surface area contributed by atoms with Gasteiger partial charge in [0.1, 0.15) is 5.82 Å². The summed E-state index contributed by atoms with van der Waals surface area (Å²) in [5.74, 6) is 2.07. The first kappa shape index (κ1) is 22.7. The van der Waals surface area contributed by atoms with E-state index in [1.807, 2.05) is 34.8 Å². The van der Waals surface area contributed by atoms with Crippen molar-refractivity contribution in [1.82, 2.24) is 19.5 Å². The molecule has 2 fully saturated rings. The minimum atomic E-state index is 0.264. The van der Waals surface area contributed by atoms with Crippen LogP contribution in [-0.4, -0.2) is 45.0 Å². The van der Waals surface area contributed by atoms with E-state index in [1.54, 1.807) is 6.20 Å². The molecule has 3 aromatic rings. The molecule has 33 heavy (non-hydrogen) atoms. The lowest BCUT2D eigenvalue weighted by Crippen LogP contribution is -2.43. The van der Waals surface area contributed by atoms with Crippen LogP contribution in [0.1, 0.15) is 44.9 Å². The fourth-order valence-electron chi connectivity index (χ4n) is 5.08. The Hall–Kier alpha value is -2.12. The molecule has 6 nitrogen and oxygen atoms in total. The Morgan fingerprint density at radius 3 is 2.64 bits per heavy atom. The third-order valence-electron chi connectivity index (χ3n) is 7.03. The number of piperidine rings is 1. The number of fused-ring (bicyclic) bond motifs is 1. The lowest BCUT2D eigenvalue weighted by atomic mass is 9.87. The molecule has 3 heterocycles. The Labute approximate surface area is 207 Å². The van der Waals surface area contributed by atoms with Gasteiger partial charge in [-0.3, -0.25) is 4.79 Å². The molecule has 1 aromatic carbocycles. The summed E-state index contributed by atoms with van der Waals surface area (Å²) < 4.78 is 2.67. The summed E-state index contributed by atoms with van der Waals surface area (Å²) in [4.78, 5) is 19.8. The van der Waals surface area contributed by atoms with Crippen LogP contribution in [-0.2, 0) is 4.79 Å². The van der Waals surface area contributed by atoms with Crippen LogP contribution in [0.5, 0.6) is 0 Å². The molecule has 0 unspecified atom stereocenters. The van der Waals surface area contributed by atoms with Crippen molar-refractivity contribution in [3.63, 3.8) is 0 Å². The zero-order valence-electron chi connectivity index (χ0n) is 18.6. The second-order valence-electron chi connectivity index (χ2n) is 9.22. The Bertz CT molecular complexity index is 1140. The van der Waals surface area contributed by atoms with Gasteiger partial charge in [-0.05, 0) is 53.6 Å². The van der Waals surface area contributed by atoms with Gasteiger partial charge < -0.3 is 10.2 Å². The summed E-state index contributed by atoms with van der Waals surface area (Å²) in [6.07, 6.45) is 9.66. The molecule has 0 radical (unpaired) electrons. The smallest absolute Gasteiger partial charge is 0.225 e. The minimum Gasteiger partial charge on any atom is -0.370 e. The summed E-state index contributed by atoms with van der Waals surface area (Å²) in [7, 11) is 0. The van der Waals surface area contributed by atoms with Gasteiger partial charge in [0.2, 0.25) is 5.91 Å². The Balaban J connectivity index is 1.26. The van der Waals surface area contributed by atoms with Crippen molar-refractivity contribution in [2.45, 2.75) is 44.9 Å². The molecule has 2 aromatic heterocycles. The van der Waals surface area contributed by atoms with Gasteiger partial charge in [0, 0.05) is 42.2 Å². The number of carbonyl (C=O) groups is 1. The largest absolute Gasteiger partial charge is 0.370 e. The van der Waals surface area contributed by atoms with E-state index >= 15 is 0 Å². The summed E-state index contributed by atoms with van der Waals surface area (Å²) in [5, 5.41) is 8.76. The van der Waals surface area contributed by atoms with Crippen LogP contribution in [0.4, 0.5) is 5.82 Å². The zero-order chi connectivity index (χ0) is 22.8. The number of carbonyl (C=O) groups excluding carboxylic acids is 1. The molecule has 1 aliphatic carbocycles. The standard InChI is InChI=1S/C25H29BrClN5O/c26-20-16-29-32-23(14-22(30-24(20)32)19-8-4-5-9-21(19)27)28-15-17-10-12-31(13-11-17)25(33)18-6-2-1-3-7-18/h4-5,8-9,14,16-18,28H,1-3,6-7,10-13,15H2. The SMILES string of the molecule is O=C(C1CCCCC1)N1CCC(CNc2cc(-c3ccccc3Cl)nc3c(Br)cnn23)CC1. The quantitative estimate of drug-likeness (QED) is 0.437. The fourth-order valence-corrected chi connectivity index (χ4v) is 5.66. The molecule has 8 heteroatoms. The number of benzene rings is 1. The normalized spacial score (nSPS) is 18.1. The van der Waals surface area contributed by atoms with Gasteiger partial charge in [-0.25, -0.2) is 4.98 Å². The molecular weight excluding hydrogens is 502 g/mol. The molecule has 0 spiro atoms. The molecule has 174 valence electrons. The minimum absolute atomic E-state index is 0.264. The number of nitrogens with zero attached hydrogens (tertiary/aromatic N) is 4. The maximum absolute atomic E-state index is 12.9. The zero-order valence-corrected chi connectivity index (χ0v) is 21.0. The Morgan fingerprint density at radius 1 is 1.12 bits per heavy atom. The van der Waals surface area contributed by atoms with Crippen LogP contribution in [0.3, 0.4) is 0 Å². The second-order valence-corrected chi connectivity index (χ2v) is 10.5. The number of halogens is 2. The van der Waals surface area contributed by atoms with Crippen molar-refractivity contribution in [1.29, 1.82) is 0 Å². The van der Waals surface area contributed by atoms with Gasteiger partial charge in [0.25, 0.3) is 0 Å². The van der Waals surface area contributed by atoms with Gasteiger partial charge in [-0.1, -0.05) is 49.1 Å². The Kier molecular flexibility index (Phi) is 6.88. The van der Waals surface area contributed by atoms with E-state index in [0.29, 0.717) is 16.8 Å². The number of nitrogens with one attached hydrogen (secondary N) is 1. The van der Waals surface area contributed by atoms with E-state index in [4.69, 9.17) is 16.6 Å². The summed E-state index contributed by atoms with van der Waals surface area (Å²) in [6.45, 7) is 2.57. The van der Waals surface area contributed by atoms with Crippen molar-refractivity contribution in [3.05, 3.63) is 46.0 Å². The average Bonchev–Trinajstić information content (AvgIpc) is 3.24. The van der Waals surface area contributed by atoms with E-state index in [-0.39, 0.29) is 5.92 Å². The van der Waals surface area contributed by atoms with E-state index < -0.39 is 0 Å². The van der Waals surface area contributed by atoms with Crippen LogP contribution >= 0.6 is 27.5 Å². The number of amides is 1. The van der Waals surface area contributed by atoms with Crippen LogP contribution in [0, 0.1) is 11.8 Å². The third kappa shape index (κ3) is 4.90. The summed E-state index contributed by atoms with van der Waals surface area (Å²) in [5.41, 5.74) is 2.46. The number of hydrogen-bond donors (Lipinski definition) is 1. The lowest BCUT2D eigenvalue weighted by molar-refractivity contribution is -0.137. The lowest BCUT2D eigenvalue weighted by Gasteiger charge is -2.35. The van der Waals surface area contributed by atoms with Gasteiger partial charge in [0.05, 0.1) is 16.4 Å². The fraction of sp³-hybridized carbons (Fsp3) is 0.480. The number of aromatic nitrogens is 3. The molecule has 5 rings (SSSR count). The van der Waals surface area contributed by atoms with Crippen LogP contribution in [0.15, 0.2) is 41.0 Å². The monoisotopic (exact) mass is 529 g/mol. The number of hydrogen-bond acceptors (Lipinski definition) is 4. The number of likely N-dealkylation sites (tertiary alicyclic amines) is 1. The highest BCUT2D eigenvalue weighted by atomic mass is 79.9. The van der Waals surface area contributed by atoms with Crippen LogP contribution < -0.4 is 5.32 Å². The van der Waals surface area contributed by atoms with E-state index in [2.05, 4.69) is 31.2 Å². The first-order valence-electron chi connectivity index (χ1n) is 11.9. The van der Waals surface area contributed by atoms with E-state index in [0.717, 1.165) is 72.5 Å². The summed E-state index contributed by atoms with van der Waals surface area (Å²) in [6, 6.07) is 9.75. The first-order chi connectivity index (χ1) is 16.1. The molecule has 1 amide bonds. The van der Waals surface area contributed by atoms with Gasteiger partial charge in [-0.2, -0.15) is 9.61 Å². The maximum Gasteiger partial charge on any atom is 0.225 e. The topological polar surface area (TPSA) is 62.5 Å². The highest BCUT2D eigenvalue weighted by molar-refractivity contribution is 9.10. The molecule has 2 aliphatic rings. The van der Waals surface area contributed by atoms with Gasteiger partial charge in [-0.15, -0.1) is 0 Å². The van der Waals surface area contributed by atoms with Crippen molar-refractivity contribution in [2.75, 3.05) is 25.0 Å². The molecule has 0 atom stereocenters. The highest BCUT2D eigenvalue weighted by Gasteiger charge is 2.29. The molecule has 1 N–H and O–H groups in total. The van der Waals surface area contributed by atoms with E-state index in [9.17, 15) is 4.79 Å². The highest BCUT2D eigenvalue weighted by Crippen LogP contribution is 2.31. The maximum atomic E-state index is 12.9. The van der Waals surface area contributed by atoms with Crippen LogP contribution in [0.25, 0.3) is 16.9 Å². The number of rotatable bonds is 5. The first-order valence-corrected chi connectivity index (χ1v) is 13.1. The molecule has 0 bridgehead atoms. The van der Waals surface area contributed by atoms with E-state index in [1.165, 1.54) is 19.3 Å².